The number of carbonyl (C=O) groups is 1. The molecule has 0 spiro atoms. The normalized spacial score (nSPS) is 13.6. The molecule has 0 aromatic rings. The van der Waals surface area contributed by atoms with Crippen molar-refractivity contribution in [2.24, 2.45) is 0 Å². The fraction of sp³-hybridized carbons (Fsp3) is 0.625. The molecule has 0 aromatic carbocycles. The van der Waals surface area contributed by atoms with Gasteiger partial charge in [-0.15, -0.1) is 0 Å². The molecule has 1 unspecified atom stereocenters. The molecule has 27 heavy (non-hydrogen) atoms. The van der Waals surface area contributed by atoms with E-state index in [1.54, 1.807) is 0 Å². The van der Waals surface area contributed by atoms with Crippen LogP contribution in [0, 0.1) is 0 Å². The van der Waals surface area contributed by atoms with Gasteiger partial charge < -0.3 is 9.84 Å². The molecule has 0 aliphatic rings. The van der Waals surface area contributed by atoms with Gasteiger partial charge in [0.2, 0.25) is 0 Å². The highest BCUT2D eigenvalue weighted by atomic mass is 16.5. The number of carboxylic acids is 1. The molecule has 0 aliphatic heterocycles. The molecule has 3 heteroatoms. The van der Waals surface area contributed by atoms with Crippen molar-refractivity contribution in [3.05, 3.63) is 48.6 Å². The van der Waals surface area contributed by atoms with E-state index in [-0.39, 0.29) is 0 Å². The molecule has 1 atom stereocenters. The second-order valence-corrected chi connectivity index (χ2v) is 6.69. The summed E-state index contributed by atoms with van der Waals surface area (Å²) in [6.45, 7) is 4.59. The van der Waals surface area contributed by atoms with Gasteiger partial charge >= 0.3 is 5.97 Å². The largest absolute Gasteiger partial charge is 0.479 e. The zero-order chi connectivity index (χ0) is 20.0. The first-order chi connectivity index (χ1) is 13.2. The molecule has 0 bridgehead atoms. The summed E-state index contributed by atoms with van der Waals surface area (Å²) in [6.07, 6.45) is 28.8. The van der Waals surface area contributed by atoms with Crippen molar-refractivity contribution in [1.82, 2.24) is 0 Å². The van der Waals surface area contributed by atoms with Crippen LogP contribution < -0.4 is 0 Å². The summed E-state index contributed by atoms with van der Waals surface area (Å²) in [7, 11) is 0. The average molecular weight is 377 g/mol. The molecule has 3 nitrogen and oxygen atoms in total. The van der Waals surface area contributed by atoms with Gasteiger partial charge in [-0.3, -0.25) is 0 Å². The molecule has 154 valence electrons. The first-order valence-corrected chi connectivity index (χ1v) is 10.7. The highest BCUT2D eigenvalue weighted by Gasteiger charge is 2.14. The summed E-state index contributed by atoms with van der Waals surface area (Å²) in [6, 6.07) is 0. The van der Waals surface area contributed by atoms with Crippen LogP contribution in [-0.2, 0) is 9.53 Å². The predicted octanol–water partition coefficient (Wildman–Crippen LogP) is 7.01. The van der Waals surface area contributed by atoms with E-state index in [1.165, 1.54) is 25.7 Å². The van der Waals surface area contributed by atoms with Gasteiger partial charge in [-0.1, -0.05) is 75.3 Å². The fourth-order valence-corrected chi connectivity index (χ4v) is 2.51. The number of carboxylic acid groups (broad SMARTS) is 1. The number of rotatable bonds is 18. The lowest BCUT2D eigenvalue weighted by Crippen LogP contribution is -2.23. The smallest absolute Gasteiger partial charge is 0.332 e. The van der Waals surface area contributed by atoms with Gasteiger partial charge in [-0.25, -0.2) is 4.79 Å². The van der Waals surface area contributed by atoms with E-state index in [0.717, 1.165) is 38.5 Å². The Morgan fingerprint density at radius 3 is 1.70 bits per heavy atom. The number of hydrogen-bond donors (Lipinski definition) is 1. The Balaban J connectivity index is 3.47. The molecule has 0 aliphatic carbocycles. The van der Waals surface area contributed by atoms with E-state index in [2.05, 4.69) is 55.5 Å². The van der Waals surface area contributed by atoms with Gasteiger partial charge in [-0.2, -0.15) is 0 Å². The van der Waals surface area contributed by atoms with Crippen molar-refractivity contribution in [2.75, 3.05) is 6.61 Å². The highest BCUT2D eigenvalue weighted by Crippen LogP contribution is 2.04. The van der Waals surface area contributed by atoms with E-state index in [0.29, 0.717) is 13.0 Å². The summed E-state index contributed by atoms with van der Waals surface area (Å²) in [5.41, 5.74) is 0. The summed E-state index contributed by atoms with van der Waals surface area (Å²) in [5, 5.41) is 8.87. The molecule has 0 saturated carbocycles. The number of aliphatic carboxylic acids is 1. The zero-order valence-electron chi connectivity index (χ0n) is 17.4. The molecule has 0 aromatic heterocycles. The zero-order valence-corrected chi connectivity index (χ0v) is 17.4. The molecule has 0 rings (SSSR count). The molecule has 1 N–H and O–H groups in total. The SMILES string of the molecule is CCCCCC=CCC=CCC=CCC=CCCCCOC(CC)C(=O)O. The topological polar surface area (TPSA) is 46.5 Å². The Bertz CT molecular complexity index is 447. The van der Waals surface area contributed by atoms with E-state index in [9.17, 15) is 4.79 Å². The maximum absolute atomic E-state index is 10.8. The summed E-state index contributed by atoms with van der Waals surface area (Å²) >= 11 is 0. The second kappa shape index (κ2) is 20.7. The van der Waals surface area contributed by atoms with Crippen molar-refractivity contribution >= 4 is 5.97 Å². The van der Waals surface area contributed by atoms with Crippen molar-refractivity contribution in [2.45, 2.75) is 90.6 Å². The Morgan fingerprint density at radius 1 is 0.778 bits per heavy atom. The van der Waals surface area contributed by atoms with Crippen LogP contribution >= 0.6 is 0 Å². The molecule has 0 amide bonds. The third kappa shape index (κ3) is 19.0. The molecular weight excluding hydrogens is 336 g/mol. The van der Waals surface area contributed by atoms with E-state index in [4.69, 9.17) is 9.84 Å². The third-order valence-electron chi connectivity index (χ3n) is 4.19. The van der Waals surface area contributed by atoms with Gasteiger partial charge in [0.05, 0.1) is 0 Å². The van der Waals surface area contributed by atoms with Crippen LogP contribution in [0.4, 0.5) is 0 Å². The summed E-state index contributed by atoms with van der Waals surface area (Å²) < 4.78 is 5.34. The Hall–Kier alpha value is -1.61. The van der Waals surface area contributed by atoms with Crippen molar-refractivity contribution < 1.29 is 14.6 Å². The van der Waals surface area contributed by atoms with E-state index in [1.807, 2.05) is 6.92 Å². The number of unbranched alkanes of at least 4 members (excludes halogenated alkanes) is 5. The molecule has 0 fully saturated rings. The minimum absolute atomic E-state index is 0.520. The lowest BCUT2D eigenvalue weighted by molar-refractivity contribution is -0.150. The summed E-state index contributed by atoms with van der Waals surface area (Å²) in [5.74, 6) is -0.863. The van der Waals surface area contributed by atoms with Crippen molar-refractivity contribution in [3.63, 3.8) is 0 Å². The van der Waals surface area contributed by atoms with Crippen LogP contribution in [0.3, 0.4) is 0 Å². The van der Waals surface area contributed by atoms with Crippen molar-refractivity contribution in [1.29, 1.82) is 0 Å². The lowest BCUT2D eigenvalue weighted by atomic mass is 10.2. The van der Waals surface area contributed by atoms with Crippen LogP contribution in [0.1, 0.15) is 84.5 Å². The van der Waals surface area contributed by atoms with E-state index < -0.39 is 12.1 Å². The maximum atomic E-state index is 10.8. The first kappa shape index (κ1) is 25.4. The van der Waals surface area contributed by atoms with Crippen LogP contribution in [-0.4, -0.2) is 23.8 Å². The van der Waals surface area contributed by atoms with Gasteiger partial charge in [0.1, 0.15) is 0 Å². The van der Waals surface area contributed by atoms with Gasteiger partial charge in [-0.05, 0) is 57.8 Å². The Labute approximate surface area is 166 Å². The first-order valence-electron chi connectivity index (χ1n) is 10.7. The minimum Gasteiger partial charge on any atom is -0.479 e. The quantitative estimate of drug-likeness (QED) is 0.207. The summed E-state index contributed by atoms with van der Waals surface area (Å²) in [4.78, 5) is 10.8. The maximum Gasteiger partial charge on any atom is 0.332 e. The van der Waals surface area contributed by atoms with E-state index >= 15 is 0 Å². The Morgan fingerprint density at radius 2 is 1.26 bits per heavy atom. The Kier molecular flexibility index (Phi) is 19.5. The predicted molar refractivity (Wildman–Crippen MR) is 116 cm³/mol. The van der Waals surface area contributed by atoms with Crippen molar-refractivity contribution in [3.8, 4) is 0 Å². The molecular formula is C24H40O3. The molecule has 0 radical (unpaired) electrons. The monoisotopic (exact) mass is 376 g/mol. The highest BCUT2D eigenvalue weighted by molar-refractivity contribution is 5.72. The van der Waals surface area contributed by atoms with Gasteiger partial charge in [0.15, 0.2) is 6.10 Å². The average Bonchev–Trinajstić information content (AvgIpc) is 2.66. The van der Waals surface area contributed by atoms with Crippen LogP contribution in [0.5, 0.6) is 0 Å². The molecule has 0 heterocycles. The molecule has 0 saturated heterocycles. The third-order valence-corrected chi connectivity index (χ3v) is 4.19. The van der Waals surface area contributed by atoms with Gasteiger partial charge in [0.25, 0.3) is 0 Å². The van der Waals surface area contributed by atoms with Crippen LogP contribution in [0.2, 0.25) is 0 Å². The number of ether oxygens (including phenoxy) is 1. The number of hydrogen-bond acceptors (Lipinski definition) is 2. The second-order valence-electron chi connectivity index (χ2n) is 6.69. The van der Waals surface area contributed by atoms with Gasteiger partial charge in [0, 0.05) is 6.61 Å². The minimum atomic E-state index is -0.863. The lowest BCUT2D eigenvalue weighted by Gasteiger charge is -2.10. The fourth-order valence-electron chi connectivity index (χ4n) is 2.51. The van der Waals surface area contributed by atoms with Crippen LogP contribution in [0.15, 0.2) is 48.6 Å². The number of allylic oxidation sites excluding steroid dienone is 8. The standard InChI is InChI=1S/C24H40O3/c1-3-5-6-7-8-9-10-11-12-13-14-15-16-17-18-19-20-21-22-27-23(4-2)24(25)26/h8-9,11-12,14-15,17-18,23H,3-7,10,13,16,19-22H2,1-2H3,(H,25,26). The van der Waals surface area contributed by atoms with Crippen LogP contribution in [0.25, 0.3) is 0 Å².